The molecule has 0 amide bonds. The van der Waals surface area contributed by atoms with Gasteiger partial charge in [0.2, 0.25) is 0 Å². The van der Waals surface area contributed by atoms with Gasteiger partial charge >= 0.3 is 11.9 Å². The molecule has 56 heavy (non-hydrogen) atoms. The Morgan fingerprint density at radius 1 is 0.804 bits per heavy atom. The highest BCUT2D eigenvalue weighted by atomic mass is 16.7. The highest BCUT2D eigenvalue weighted by molar-refractivity contribution is 5.88. The van der Waals surface area contributed by atoms with Gasteiger partial charge in [0.1, 0.15) is 53.6 Å². The number of fused-ring (bicyclic) bond motifs is 2. The molecule has 0 radical (unpaired) electrons. The van der Waals surface area contributed by atoms with Crippen LogP contribution in [-0.2, 0) is 57.0 Å². The fourth-order valence-electron chi connectivity index (χ4n) is 12.6. The Labute approximate surface area is 330 Å². The van der Waals surface area contributed by atoms with Crippen molar-refractivity contribution in [1.82, 2.24) is 0 Å². The average molecular weight is 793 g/mol. The van der Waals surface area contributed by atoms with E-state index in [1.54, 1.807) is 40.9 Å². The molecule has 4 aliphatic carbocycles. The van der Waals surface area contributed by atoms with Crippen LogP contribution in [0.4, 0.5) is 0 Å². The number of hydrogen-bond donors (Lipinski definition) is 2. The summed E-state index contributed by atoms with van der Waals surface area (Å²) < 4.78 is 56.4. The van der Waals surface area contributed by atoms with E-state index < -0.39 is 102 Å². The summed E-state index contributed by atoms with van der Waals surface area (Å²) in [6.45, 7) is 14.4. The van der Waals surface area contributed by atoms with Gasteiger partial charge in [-0.2, -0.15) is 0 Å². The van der Waals surface area contributed by atoms with Crippen molar-refractivity contribution in [2.75, 3.05) is 14.2 Å². The summed E-state index contributed by atoms with van der Waals surface area (Å²) >= 11 is 0. The first-order valence-corrected chi connectivity index (χ1v) is 20.7. The molecule has 0 aromatic carbocycles. The van der Waals surface area contributed by atoms with Gasteiger partial charge in [-0.1, -0.05) is 19.9 Å². The predicted octanol–water partition coefficient (Wildman–Crippen LogP) is 3.94. The fraction of sp³-hybridized carbons (Fsp3) is 0.881. The Morgan fingerprint density at radius 2 is 1.54 bits per heavy atom. The third-order valence-electron chi connectivity index (χ3n) is 15.6. The number of ketones is 1. The highest BCUT2D eigenvalue weighted by Crippen LogP contribution is 2.81. The molecule has 0 aromatic heterocycles. The van der Waals surface area contributed by atoms with Crippen molar-refractivity contribution < 1.29 is 67.2 Å². The molecular formula is C42H64O14. The molecule has 2 spiro atoms. The second-order valence-corrected chi connectivity index (χ2v) is 18.2. The van der Waals surface area contributed by atoms with E-state index in [-0.39, 0.29) is 29.1 Å². The number of carbonyl (C=O) groups excluding carboxylic acids is 3. The molecule has 7 rings (SSSR count). The fourth-order valence-corrected chi connectivity index (χ4v) is 12.6. The highest BCUT2D eigenvalue weighted by Gasteiger charge is 2.91. The first-order valence-electron chi connectivity index (χ1n) is 20.7. The van der Waals surface area contributed by atoms with E-state index in [9.17, 15) is 24.6 Å². The van der Waals surface area contributed by atoms with Crippen molar-refractivity contribution in [1.29, 1.82) is 0 Å². The van der Waals surface area contributed by atoms with Crippen LogP contribution in [0.2, 0.25) is 0 Å². The second kappa shape index (κ2) is 15.2. The summed E-state index contributed by atoms with van der Waals surface area (Å²) in [5.41, 5.74) is -2.04. The maximum atomic E-state index is 13.7. The molecule has 316 valence electrons. The van der Waals surface area contributed by atoms with E-state index in [0.29, 0.717) is 24.8 Å². The predicted molar refractivity (Wildman–Crippen MR) is 198 cm³/mol. The van der Waals surface area contributed by atoms with E-state index in [1.165, 1.54) is 14.0 Å². The minimum absolute atomic E-state index is 0.0276. The number of hydrogen-bond acceptors (Lipinski definition) is 14. The molecule has 19 atom stereocenters. The molecule has 0 aromatic rings. The van der Waals surface area contributed by atoms with Crippen LogP contribution in [-0.4, -0.2) is 127 Å². The smallest absolute Gasteiger partial charge is 0.333 e. The van der Waals surface area contributed by atoms with Crippen molar-refractivity contribution in [3.8, 4) is 0 Å². The lowest BCUT2D eigenvalue weighted by atomic mass is 9.43. The molecule has 0 bridgehead atoms. The van der Waals surface area contributed by atoms with E-state index in [4.69, 9.17) is 42.6 Å². The van der Waals surface area contributed by atoms with Gasteiger partial charge in [-0.15, -0.1) is 0 Å². The molecule has 14 nitrogen and oxygen atoms in total. The molecule has 3 saturated heterocycles. The number of carbonyl (C=O) groups is 3. The Balaban J connectivity index is 1.10. The van der Waals surface area contributed by atoms with Crippen LogP contribution in [0.1, 0.15) is 107 Å². The molecule has 14 heteroatoms. The number of aliphatic hydroxyl groups is 2. The molecule has 7 fully saturated rings. The van der Waals surface area contributed by atoms with Crippen LogP contribution in [0.15, 0.2) is 11.6 Å². The van der Waals surface area contributed by atoms with Gasteiger partial charge in [-0.25, -0.2) is 4.79 Å². The first-order chi connectivity index (χ1) is 26.4. The molecule has 0 unspecified atom stereocenters. The Kier molecular flexibility index (Phi) is 11.5. The normalized spacial score (nSPS) is 51.1. The molecule has 2 N–H and O–H groups in total. The van der Waals surface area contributed by atoms with Crippen LogP contribution < -0.4 is 0 Å². The zero-order valence-corrected chi connectivity index (χ0v) is 34.7. The van der Waals surface area contributed by atoms with Crippen LogP contribution in [0.5, 0.6) is 0 Å². The van der Waals surface area contributed by atoms with E-state index >= 15 is 0 Å². The van der Waals surface area contributed by atoms with Crippen LogP contribution >= 0.6 is 0 Å². The summed E-state index contributed by atoms with van der Waals surface area (Å²) in [6, 6.07) is 0. The maximum Gasteiger partial charge on any atom is 0.333 e. The van der Waals surface area contributed by atoms with Crippen molar-refractivity contribution in [3.05, 3.63) is 11.6 Å². The summed E-state index contributed by atoms with van der Waals surface area (Å²) in [7, 11) is 3.04. The number of methoxy groups -OCH3 is 2. The largest absolute Gasteiger partial charge is 0.458 e. The van der Waals surface area contributed by atoms with Gasteiger partial charge in [0.05, 0.1) is 24.4 Å². The average Bonchev–Trinajstić information content (AvgIpc) is 3.70. The quantitative estimate of drug-likeness (QED) is 0.141. The van der Waals surface area contributed by atoms with Gasteiger partial charge < -0.3 is 52.8 Å². The molecule has 7 aliphatic rings. The number of ether oxygens (including phenoxy) is 9. The number of esters is 2. The van der Waals surface area contributed by atoms with Gasteiger partial charge in [-0.3, -0.25) is 9.59 Å². The monoisotopic (exact) mass is 792 g/mol. The minimum Gasteiger partial charge on any atom is -0.458 e. The topological polar surface area (TPSA) is 178 Å². The van der Waals surface area contributed by atoms with E-state index in [2.05, 4.69) is 6.92 Å². The number of rotatable bonds is 10. The zero-order valence-electron chi connectivity index (χ0n) is 34.7. The van der Waals surface area contributed by atoms with Crippen molar-refractivity contribution in [3.63, 3.8) is 0 Å². The lowest BCUT2D eigenvalue weighted by Crippen LogP contribution is -2.70. The van der Waals surface area contributed by atoms with Crippen molar-refractivity contribution >= 4 is 17.7 Å². The Bertz CT molecular complexity index is 1550. The first kappa shape index (κ1) is 42.1. The lowest BCUT2D eigenvalue weighted by molar-refractivity contribution is -0.343. The zero-order chi connectivity index (χ0) is 40.7. The van der Waals surface area contributed by atoms with Crippen molar-refractivity contribution in [2.24, 2.45) is 28.6 Å². The third-order valence-corrected chi connectivity index (χ3v) is 15.6. The summed E-state index contributed by atoms with van der Waals surface area (Å²) in [4.78, 5) is 39.8. The summed E-state index contributed by atoms with van der Waals surface area (Å²) in [5.74, 6) is -1.41. The van der Waals surface area contributed by atoms with Crippen molar-refractivity contribution in [2.45, 2.75) is 192 Å². The van der Waals surface area contributed by atoms with E-state index in [0.717, 1.165) is 32.1 Å². The number of allylic oxidation sites excluding steroid dienone is 1. The Hall–Kier alpha value is -2.01. The van der Waals surface area contributed by atoms with Gasteiger partial charge in [0.25, 0.3) is 0 Å². The van der Waals surface area contributed by atoms with Gasteiger partial charge in [0.15, 0.2) is 12.6 Å². The maximum absolute atomic E-state index is 13.7. The standard InChI is InChI=1S/C42H64O14/c1-11-20(2)37(47)54-34-35-39(7)15-13-26(53-29-19-28(48-9)32(23(5)50-29)55-38-31(46)33(49-10)30(45)22(4)51-38)18-25(39)12-16-41(35)42(56-41)17-14-27(21(3)43)40(42,8)36(34)52-24(6)44/h11,22-23,25-36,38,45-46H,12-19H2,1-10H3/b20-11-/t22-,23-,25+,26+,27+,28-,29+,30-,31-,32-,33-,34+,35-,36-,38+,39+,40+,41+,42-/m1/s1. The van der Waals surface area contributed by atoms with Gasteiger partial charge in [-0.05, 0) is 90.9 Å². The van der Waals surface area contributed by atoms with Gasteiger partial charge in [0, 0.05) is 50.4 Å². The number of aliphatic hydroxyl groups excluding tert-OH is 2. The second-order valence-electron chi connectivity index (χ2n) is 18.2. The molecule has 3 heterocycles. The summed E-state index contributed by atoms with van der Waals surface area (Å²) in [6.07, 6.45) is -1.32. The number of epoxide rings is 1. The van der Waals surface area contributed by atoms with Crippen LogP contribution in [0.3, 0.4) is 0 Å². The summed E-state index contributed by atoms with van der Waals surface area (Å²) in [5, 5.41) is 21.3. The molecule has 3 aliphatic heterocycles. The molecule has 4 saturated carbocycles. The van der Waals surface area contributed by atoms with E-state index in [1.807, 2.05) is 13.8 Å². The van der Waals surface area contributed by atoms with Crippen LogP contribution in [0, 0.1) is 28.6 Å². The molecular weight excluding hydrogens is 728 g/mol. The van der Waals surface area contributed by atoms with Crippen LogP contribution in [0.25, 0.3) is 0 Å². The number of Topliss-reactive ketones (excluding diaryl/α,β-unsaturated/α-hetero) is 1. The SMILES string of the molecule is C/C=C(/C)C(=O)O[C@@H]1[C@@H](OC(C)=O)[C@]2(C)[C@H](C(C)=O)CC[C@@]23O[C@]32CC[C@H]3C[C@@H](O[C@H]4C[C@@H](OC)[C@H](O[C@@H]5O[C@H](C)[C@@H](O)[C@@H](OC)[C@H]5O)[C@@H](C)O4)CC[C@]3(C)[C@@H]12. The Morgan fingerprint density at radius 3 is 2.18 bits per heavy atom. The lowest BCUT2D eigenvalue weighted by Gasteiger charge is -2.61. The minimum atomic E-state index is -1.21. The third kappa shape index (κ3) is 6.34.